The molecule has 0 radical (unpaired) electrons. The highest BCUT2D eigenvalue weighted by Crippen LogP contribution is 2.29. The van der Waals surface area contributed by atoms with Crippen molar-refractivity contribution in [3.63, 3.8) is 0 Å². The lowest BCUT2D eigenvalue weighted by atomic mass is 10.1. The summed E-state index contributed by atoms with van der Waals surface area (Å²) in [5, 5.41) is 2.60. The van der Waals surface area contributed by atoms with Crippen LogP contribution in [0.15, 0.2) is 18.2 Å². The molecule has 0 fully saturated rings. The molecule has 8 nitrogen and oxygen atoms in total. The summed E-state index contributed by atoms with van der Waals surface area (Å²) in [6.07, 6.45) is 0. The molecule has 1 aromatic heterocycles. The van der Waals surface area contributed by atoms with E-state index in [0.29, 0.717) is 17.1 Å². The summed E-state index contributed by atoms with van der Waals surface area (Å²) < 4.78 is 16.1. The maximum atomic E-state index is 12.4. The normalized spacial score (nSPS) is 11.5. The van der Waals surface area contributed by atoms with Crippen LogP contribution in [0.3, 0.4) is 0 Å². The van der Waals surface area contributed by atoms with Gasteiger partial charge in [0.1, 0.15) is 12.6 Å². The summed E-state index contributed by atoms with van der Waals surface area (Å²) in [5.41, 5.74) is 3.61. The number of carbonyl (C=O) groups is 2. The Hall–Kier alpha value is -3.16. The lowest BCUT2D eigenvalue weighted by Crippen LogP contribution is -2.39. The first kappa shape index (κ1) is 22.1. The number of aryl methyl sites for hydroxylation is 3. The lowest BCUT2D eigenvalue weighted by Gasteiger charge is -2.15. The second-order valence-electron chi connectivity index (χ2n) is 6.53. The van der Waals surface area contributed by atoms with Gasteiger partial charge in [0.05, 0.1) is 36.5 Å². The van der Waals surface area contributed by atoms with Crippen LogP contribution in [-0.2, 0) is 16.1 Å². The number of ether oxygens (including phenoxy) is 3. The average molecular weight is 401 g/mol. The summed E-state index contributed by atoms with van der Waals surface area (Å²) in [4.78, 5) is 33.1. The molecule has 1 atom stereocenters. The summed E-state index contributed by atoms with van der Waals surface area (Å²) >= 11 is 0. The fourth-order valence-electron chi connectivity index (χ4n) is 2.58. The number of nitrogens with one attached hydrogen (secondary N) is 1. The molecule has 2 aromatic rings. The Balaban J connectivity index is 2.11. The first-order valence-electron chi connectivity index (χ1n) is 9.35. The van der Waals surface area contributed by atoms with Crippen molar-refractivity contribution in [2.24, 2.45) is 0 Å². The standard InChI is InChI=1S/C21H27N3O5/c1-7-28-21(26)15(5)24-20(25)16-8-9-18(19(10-16)27-6)29-11-17-14(4)22-12(2)13(3)23-17/h8-10,15H,7,11H2,1-6H3,(H,24,25)/t15-/m1/s1. The average Bonchev–Trinajstić information content (AvgIpc) is 2.69. The van der Waals surface area contributed by atoms with E-state index < -0.39 is 17.9 Å². The summed E-state index contributed by atoms with van der Waals surface area (Å²) in [6.45, 7) is 9.45. The van der Waals surface area contributed by atoms with Crippen molar-refractivity contribution < 1.29 is 23.8 Å². The van der Waals surface area contributed by atoms with Crippen molar-refractivity contribution in [2.45, 2.75) is 47.3 Å². The van der Waals surface area contributed by atoms with Crippen LogP contribution >= 0.6 is 0 Å². The van der Waals surface area contributed by atoms with Crippen LogP contribution in [0.25, 0.3) is 0 Å². The Bertz CT molecular complexity index is 898. The molecule has 29 heavy (non-hydrogen) atoms. The van der Waals surface area contributed by atoms with E-state index in [1.165, 1.54) is 7.11 Å². The van der Waals surface area contributed by atoms with E-state index in [0.717, 1.165) is 22.8 Å². The van der Waals surface area contributed by atoms with E-state index in [1.54, 1.807) is 32.0 Å². The number of amides is 1. The molecule has 1 N–H and O–H groups in total. The van der Waals surface area contributed by atoms with Gasteiger partial charge in [-0.25, -0.2) is 4.79 Å². The minimum absolute atomic E-state index is 0.224. The van der Waals surface area contributed by atoms with Crippen molar-refractivity contribution in [1.82, 2.24) is 15.3 Å². The van der Waals surface area contributed by atoms with Gasteiger partial charge in [0, 0.05) is 5.56 Å². The van der Waals surface area contributed by atoms with Crippen LogP contribution in [0.1, 0.15) is 47.0 Å². The third kappa shape index (κ3) is 5.66. The van der Waals surface area contributed by atoms with E-state index in [9.17, 15) is 9.59 Å². The van der Waals surface area contributed by atoms with E-state index in [4.69, 9.17) is 14.2 Å². The Morgan fingerprint density at radius 1 is 1.07 bits per heavy atom. The minimum atomic E-state index is -0.754. The van der Waals surface area contributed by atoms with E-state index in [2.05, 4.69) is 15.3 Å². The van der Waals surface area contributed by atoms with Crippen molar-refractivity contribution in [3.8, 4) is 11.5 Å². The van der Waals surface area contributed by atoms with Crippen molar-refractivity contribution in [1.29, 1.82) is 0 Å². The summed E-state index contributed by atoms with van der Waals surface area (Å²) in [6, 6.07) is 4.05. The van der Waals surface area contributed by atoms with Crippen LogP contribution in [-0.4, -0.2) is 41.6 Å². The van der Waals surface area contributed by atoms with Gasteiger partial charge in [-0.15, -0.1) is 0 Å². The SMILES string of the molecule is CCOC(=O)[C@@H](C)NC(=O)c1ccc(OCc2nc(C)c(C)nc2C)c(OC)c1. The van der Waals surface area contributed by atoms with Crippen LogP contribution in [0, 0.1) is 20.8 Å². The van der Waals surface area contributed by atoms with Crippen LogP contribution in [0.2, 0.25) is 0 Å². The van der Waals surface area contributed by atoms with Crippen LogP contribution in [0.4, 0.5) is 0 Å². The molecular weight excluding hydrogens is 374 g/mol. The van der Waals surface area contributed by atoms with Gasteiger partial charge in [-0.3, -0.25) is 14.8 Å². The van der Waals surface area contributed by atoms with Crippen molar-refractivity contribution in [2.75, 3.05) is 13.7 Å². The number of hydrogen-bond acceptors (Lipinski definition) is 7. The van der Waals surface area contributed by atoms with Gasteiger partial charge in [-0.05, 0) is 52.8 Å². The zero-order valence-electron chi connectivity index (χ0n) is 17.7. The van der Waals surface area contributed by atoms with Gasteiger partial charge in [0.15, 0.2) is 11.5 Å². The molecule has 1 aromatic carbocycles. The maximum Gasteiger partial charge on any atom is 0.328 e. The molecule has 0 aliphatic heterocycles. The van der Waals surface area contributed by atoms with Gasteiger partial charge in [0.2, 0.25) is 0 Å². The highest BCUT2D eigenvalue weighted by atomic mass is 16.5. The fourth-order valence-corrected chi connectivity index (χ4v) is 2.58. The Morgan fingerprint density at radius 3 is 2.41 bits per heavy atom. The molecule has 0 bridgehead atoms. The van der Waals surface area contributed by atoms with Gasteiger partial charge in [-0.2, -0.15) is 0 Å². The quantitative estimate of drug-likeness (QED) is 0.679. The molecule has 156 valence electrons. The monoisotopic (exact) mass is 401 g/mol. The van der Waals surface area contributed by atoms with E-state index >= 15 is 0 Å². The number of esters is 1. The van der Waals surface area contributed by atoms with Crippen LogP contribution < -0.4 is 14.8 Å². The highest BCUT2D eigenvalue weighted by Gasteiger charge is 2.19. The van der Waals surface area contributed by atoms with Gasteiger partial charge < -0.3 is 19.5 Å². The number of nitrogens with zero attached hydrogens (tertiary/aromatic N) is 2. The third-order valence-electron chi connectivity index (χ3n) is 4.36. The first-order valence-corrected chi connectivity index (χ1v) is 9.35. The minimum Gasteiger partial charge on any atom is -0.493 e. The third-order valence-corrected chi connectivity index (χ3v) is 4.36. The van der Waals surface area contributed by atoms with Crippen LogP contribution in [0.5, 0.6) is 11.5 Å². The van der Waals surface area contributed by atoms with Gasteiger partial charge in [-0.1, -0.05) is 0 Å². The number of rotatable bonds is 8. The predicted molar refractivity (Wildman–Crippen MR) is 107 cm³/mol. The lowest BCUT2D eigenvalue weighted by molar-refractivity contribution is -0.144. The molecule has 0 aliphatic carbocycles. The molecule has 1 heterocycles. The number of methoxy groups -OCH3 is 1. The zero-order valence-corrected chi connectivity index (χ0v) is 17.7. The van der Waals surface area contributed by atoms with Crippen molar-refractivity contribution in [3.05, 3.63) is 46.5 Å². The molecule has 0 saturated heterocycles. The molecule has 0 spiro atoms. The fraction of sp³-hybridized carbons (Fsp3) is 0.429. The molecule has 0 unspecified atom stereocenters. The summed E-state index contributed by atoms with van der Waals surface area (Å²) in [5.74, 6) is -0.0262. The second-order valence-corrected chi connectivity index (χ2v) is 6.53. The smallest absolute Gasteiger partial charge is 0.328 e. The largest absolute Gasteiger partial charge is 0.493 e. The second kappa shape index (κ2) is 9.86. The first-order chi connectivity index (χ1) is 13.8. The Kier molecular flexibility index (Phi) is 7.52. The zero-order chi connectivity index (χ0) is 21.6. The van der Waals surface area contributed by atoms with Crippen molar-refractivity contribution >= 4 is 11.9 Å². The van der Waals surface area contributed by atoms with E-state index in [1.807, 2.05) is 20.8 Å². The molecule has 0 aliphatic rings. The number of aromatic nitrogens is 2. The number of carbonyl (C=O) groups excluding carboxylic acids is 2. The molecule has 2 rings (SSSR count). The highest BCUT2D eigenvalue weighted by molar-refractivity contribution is 5.97. The molecular formula is C21H27N3O5. The molecule has 0 saturated carbocycles. The maximum absolute atomic E-state index is 12.4. The van der Waals surface area contributed by atoms with Gasteiger partial charge in [0.25, 0.3) is 5.91 Å². The van der Waals surface area contributed by atoms with Gasteiger partial charge >= 0.3 is 5.97 Å². The summed E-state index contributed by atoms with van der Waals surface area (Å²) in [7, 11) is 1.49. The Labute approximate surface area is 170 Å². The Morgan fingerprint density at radius 2 is 1.76 bits per heavy atom. The number of benzene rings is 1. The topological polar surface area (TPSA) is 99.6 Å². The van der Waals surface area contributed by atoms with E-state index in [-0.39, 0.29) is 13.2 Å². The number of hydrogen-bond donors (Lipinski definition) is 1. The molecule has 8 heteroatoms. The molecule has 1 amide bonds. The predicted octanol–water partition coefficient (Wildman–Crippen LogP) is 2.67.